The van der Waals surface area contributed by atoms with Gasteiger partial charge in [0.15, 0.2) is 11.6 Å². The third-order valence-corrected chi connectivity index (χ3v) is 4.43. The minimum atomic E-state index is -0.861. The van der Waals surface area contributed by atoms with Crippen molar-refractivity contribution in [1.82, 2.24) is 19.9 Å². The number of hydrogen-bond donors (Lipinski definition) is 1. The molecule has 0 saturated carbocycles. The Balaban J connectivity index is 1.52. The maximum Gasteiger partial charge on any atom is 0.305 e. The summed E-state index contributed by atoms with van der Waals surface area (Å²) in [4.78, 5) is 27.9. The summed E-state index contributed by atoms with van der Waals surface area (Å²) < 4.78 is 16.1. The van der Waals surface area contributed by atoms with Gasteiger partial charge in [-0.05, 0) is 12.2 Å². The molecule has 10 heteroatoms. The van der Waals surface area contributed by atoms with Gasteiger partial charge in [0.2, 0.25) is 5.95 Å². The second kappa shape index (κ2) is 13.8. The predicted molar refractivity (Wildman–Crippen MR) is 113 cm³/mol. The van der Waals surface area contributed by atoms with Crippen LogP contribution >= 0.6 is 0 Å². The third kappa shape index (κ3) is 8.95. The van der Waals surface area contributed by atoms with Crippen molar-refractivity contribution in [3.05, 3.63) is 24.8 Å². The van der Waals surface area contributed by atoms with Gasteiger partial charge in [-0.25, -0.2) is 4.98 Å². The molecule has 1 saturated heterocycles. The Bertz CT molecular complexity index is 653. The van der Waals surface area contributed by atoms with E-state index in [4.69, 9.17) is 19.3 Å². The molecule has 1 fully saturated rings. The maximum absolute atomic E-state index is 10.3. The summed E-state index contributed by atoms with van der Waals surface area (Å²) in [6, 6.07) is 0. The molecule has 10 nitrogen and oxygen atoms in total. The molecule has 0 aromatic carbocycles. The van der Waals surface area contributed by atoms with Crippen molar-refractivity contribution in [3.63, 3.8) is 0 Å². The van der Waals surface area contributed by atoms with Crippen LogP contribution in [0.1, 0.15) is 18.1 Å². The van der Waals surface area contributed by atoms with Crippen LogP contribution in [0.4, 0.5) is 5.95 Å². The van der Waals surface area contributed by atoms with Gasteiger partial charge in [-0.3, -0.25) is 9.69 Å². The highest BCUT2D eigenvalue weighted by atomic mass is 16.5. The van der Waals surface area contributed by atoms with Gasteiger partial charge in [-0.1, -0.05) is 13.2 Å². The Morgan fingerprint density at radius 1 is 0.867 bits per heavy atom. The Morgan fingerprint density at radius 3 is 1.93 bits per heavy atom. The van der Waals surface area contributed by atoms with Gasteiger partial charge < -0.3 is 24.2 Å². The molecule has 1 N–H and O–H groups in total. The second-order valence-electron chi connectivity index (χ2n) is 6.57. The lowest BCUT2D eigenvalue weighted by atomic mass is 10.3. The first-order chi connectivity index (χ1) is 14.6. The topological polar surface area (TPSA) is 110 Å². The van der Waals surface area contributed by atoms with E-state index in [1.54, 1.807) is 12.2 Å². The van der Waals surface area contributed by atoms with Crippen molar-refractivity contribution in [2.75, 3.05) is 77.3 Å². The van der Waals surface area contributed by atoms with Crippen LogP contribution in [0.2, 0.25) is 0 Å². The molecule has 0 atom stereocenters. The van der Waals surface area contributed by atoms with Gasteiger partial charge >= 0.3 is 5.97 Å². The highest BCUT2D eigenvalue weighted by molar-refractivity contribution is 5.66. The summed E-state index contributed by atoms with van der Waals surface area (Å²) in [6.45, 7) is 14.5. The highest BCUT2D eigenvalue weighted by Gasteiger charge is 2.19. The lowest BCUT2D eigenvalue weighted by Gasteiger charge is -2.34. The molecule has 0 unspecified atom stereocenters. The number of carboxylic acid groups (broad SMARTS) is 1. The standard InChI is InChI=1S/C20H31N5O5/c1-3-17-21-18(4-2)23-20(22-17)25-8-6-24(7-9-25)10-12-29-14-16-30-15-13-28-11-5-19(26)27/h3-4H,1-2,5-16H2,(H,26,27). The van der Waals surface area contributed by atoms with Crippen LogP contribution in [0.5, 0.6) is 0 Å². The molecule has 0 radical (unpaired) electrons. The zero-order chi connectivity index (χ0) is 21.6. The van der Waals surface area contributed by atoms with Gasteiger partial charge in [0, 0.05) is 32.7 Å². The number of anilines is 1. The van der Waals surface area contributed by atoms with E-state index in [-0.39, 0.29) is 13.0 Å². The zero-order valence-corrected chi connectivity index (χ0v) is 17.4. The minimum Gasteiger partial charge on any atom is -0.481 e. The molecule has 1 aromatic heterocycles. The SMILES string of the molecule is C=Cc1nc(C=C)nc(N2CCN(CCOCCOCCOCCC(=O)O)CC2)n1. The van der Waals surface area contributed by atoms with E-state index in [2.05, 4.69) is 37.9 Å². The number of ether oxygens (including phenoxy) is 3. The fourth-order valence-corrected chi connectivity index (χ4v) is 2.79. The summed E-state index contributed by atoms with van der Waals surface area (Å²) in [5, 5.41) is 8.49. The Kier molecular flexibility index (Phi) is 10.9. The number of nitrogens with zero attached hydrogens (tertiary/aromatic N) is 5. The quantitative estimate of drug-likeness (QED) is 0.408. The Labute approximate surface area is 177 Å². The summed E-state index contributed by atoms with van der Waals surface area (Å²) in [7, 11) is 0. The molecule has 1 aliphatic rings. The number of rotatable bonds is 15. The fourth-order valence-electron chi connectivity index (χ4n) is 2.79. The maximum atomic E-state index is 10.3. The molecule has 30 heavy (non-hydrogen) atoms. The number of carbonyl (C=O) groups is 1. The second-order valence-corrected chi connectivity index (χ2v) is 6.57. The van der Waals surface area contributed by atoms with E-state index in [1.165, 1.54) is 0 Å². The number of aromatic nitrogens is 3. The average Bonchev–Trinajstić information content (AvgIpc) is 2.77. The van der Waals surface area contributed by atoms with E-state index >= 15 is 0 Å². The fraction of sp³-hybridized carbons (Fsp3) is 0.600. The number of hydrogen-bond acceptors (Lipinski definition) is 9. The van der Waals surface area contributed by atoms with Crippen LogP contribution in [0, 0.1) is 0 Å². The van der Waals surface area contributed by atoms with Crippen molar-refractivity contribution >= 4 is 24.1 Å². The summed E-state index contributed by atoms with van der Waals surface area (Å²) in [6.07, 6.45) is 3.24. The van der Waals surface area contributed by atoms with Crippen LogP contribution in [-0.4, -0.2) is 103 Å². The van der Waals surface area contributed by atoms with Crippen LogP contribution in [0.25, 0.3) is 12.2 Å². The summed E-state index contributed by atoms with van der Waals surface area (Å²) in [5.74, 6) is 0.912. The monoisotopic (exact) mass is 421 g/mol. The molecule has 166 valence electrons. The smallest absolute Gasteiger partial charge is 0.305 e. The van der Waals surface area contributed by atoms with Crippen molar-refractivity contribution < 1.29 is 24.1 Å². The Morgan fingerprint density at radius 2 is 1.40 bits per heavy atom. The molecule has 0 aliphatic carbocycles. The predicted octanol–water partition coefficient (Wildman–Crippen LogP) is 0.804. The third-order valence-electron chi connectivity index (χ3n) is 4.43. The van der Waals surface area contributed by atoms with Crippen molar-refractivity contribution in [1.29, 1.82) is 0 Å². The van der Waals surface area contributed by atoms with E-state index < -0.39 is 5.97 Å². The minimum absolute atomic E-state index is 0.0126. The Hall–Kier alpha value is -2.40. The van der Waals surface area contributed by atoms with E-state index in [9.17, 15) is 4.79 Å². The lowest BCUT2D eigenvalue weighted by Crippen LogP contribution is -2.48. The van der Waals surface area contributed by atoms with Crippen LogP contribution in [-0.2, 0) is 19.0 Å². The number of aliphatic carboxylic acids is 1. The molecule has 2 rings (SSSR count). The number of carboxylic acids is 1. The summed E-state index contributed by atoms with van der Waals surface area (Å²) in [5.41, 5.74) is 0. The number of piperazine rings is 1. The molecule has 1 aliphatic heterocycles. The first-order valence-corrected chi connectivity index (χ1v) is 10.1. The molecule has 1 aromatic rings. The van der Waals surface area contributed by atoms with E-state index in [0.29, 0.717) is 50.6 Å². The van der Waals surface area contributed by atoms with Gasteiger partial charge in [0.25, 0.3) is 0 Å². The van der Waals surface area contributed by atoms with Crippen molar-refractivity contribution in [2.45, 2.75) is 6.42 Å². The summed E-state index contributed by atoms with van der Waals surface area (Å²) >= 11 is 0. The first-order valence-electron chi connectivity index (χ1n) is 10.1. The zero-order valence-electron chi connectivity index (χ0n) is 17.4. The molecular weight excluding hydrogens is 390 g/mol. The molecular formula is C20H31N5O5. The van der Waals surface area contributed by atoms with Crippen LogP contribution in [0.15, 0.2) is 13.2 Å². The van der Waals surface area contributed by atoms with Crippen molar-refractivity contribution in [2.24, 2.45) is 0 Å². The normalized spacial score (nSPS) is 14.6. The van der Waals surface area contributed by atoms with Gasteiger partial charge in [-0.2, -0.15) is 9.97 Å². The molecule has 0 spiro atoms. The molecule has 0 amide bonds. The van der Waals surface area contributed by atoms with E-state index in [1.807, 2.05) is 0 Å². The highest BCUT2D eigenvalue weighted by Crippen LogP contribution is 2.12. The van der Waals surface area contributed by atoms with Crippen LogP contribution < -0.4 is 4.90 Å². The van der Waals surface area contributed by atoms with Gasteiger partial charge in [0.05, 0.1) is 46.1 Å². The van der Waals surface area contributed by atoms with Crippen molar-refractivity contribution in [3.8, 4) is 0 Å². The van der Waals surface area contributed by atoms with Gasteiger partial charge in [0.1, 0.15) is 0 Å². The largest absolute Gasteiger partial charge is 0.481 e. The first kappa shape index (κ1) is 23.9. The molecule has 2 heterocycles. The average molecular weight is 421 g/mol. The van der Waals surface area contributed by atoms with Crippen LogP contribution in [0.3, 0.4) is 0 Å². The van der Waals surface area contributed by atoms with E-state index in [0.717, 1.165) is 32.7 Å². The van der Waals surface area contributed by atoms with Gasteiger partial charge in [-0.15, -0.1) is 0 Å². The molecule has 0 bridgehead atoms. The lowest BCUT2D eigenvalue weighted by molar-refractivity contribution is -0.138.